The third kappa shape index (κ3) is 6.83. The second-order valence-electron chi connectivity index (χ2n) is 6.89. The summed E-state index contributed by atoms with van der Waals surface area (Å²) in [7, 11) is 1.47. The Labute approximate surface area is 186 Å². The molecule has 0 radical (unpaired) electrons. The summed E-state index contributed by atoms with van der Waals surface area (Å²) >= 11 is 0. The summed E-state index contributed by atoms with van der Waals surface area (Å²) in [5, 5.41) is 3.39. The van der Waals surface area contributed by atoms with E-state index in [1.54, 1.807) is 0 Å². The van der Waals surface area contributed by atoms with Gasteiger partial charge in [0.15, 0.2) is 5.96 Å². The first-order valence-electron chi connectivity index (χ1n) is 10.0. The number of piperidine rings is 1. The number of halogens is 1. The number of benzene rings is 1. The number of likely N-dealkylation sites (tertiary alicyclic amines) is 1. The van der Waals surface area contributed by atoms with Crippen LogP contribution in [0.4, 0.5) is 5.69 Å². The zero-order chi connectivity index (χ0) is 19.6. The molecule has 1 saturated heterocycles. The maximum Gasteiger partial charge on any atom is 0.308 e. The van der Waals surface area contributed by atoms with Crippen LogP contribution in [-0.2, 0) is 9.53 Å². The quantitative estimate of drug-likeness (QED) is 0.269. The van der Waals surface area contributed by atoms with Gasteiger partial charge in [0, 0.05) is 38.4 Å². The van der Waals surface area contributed by atoms with Gasteiger partial charge in [-0.3, -0.25) is 9.79 Å². The average Bonchev–Trinajstić information content (AvgIpc) is 2.71. The fourth-order valence-electron chi connectivity index (χ4n) is 3.56. The molecule has 1 fully saturated rings. The van der Waals surface area contributed by atoms with E-state index in [0.717, 1.165) is 58.1 Å². The molecule has 0 unspecified atom stereocenters. The van der Waals surface area contributed by atoms with E-state index in [4.69, 9.17) is 9.73 Å². The molecule has 1 aromatic rings. The molecular formula is C21H35IN4O2. The van der Waals surface area contributed by atoms with Crippen LogP contribution in [0, 0.1) is 12.8 Å². The van der Waals surface area contributed by atoms with Gasteiger partial charge < -0.3 is 19.9 Å². The lowest BCUT2D eigenvalue weighted by Crippen LogP contribution is -2.47. The molecule has 0 aliphatic carbocycles. The van der Waals surface area contributed by atoms with Gasteiger partial charge in [0.2, 0.25) is 0 Å². The fourth-order valence-corrected chi connectivity index (χ4v) is 3.56. The van der Waals surface area contributed by atoms with E-state index in [1.807, 2.05) is 0 Å². The first-order valence-corrected chi connectivity index (χ1v) is 10.0. The molecule has 6 nitrogen and oxygen atoms in total. The molecule has 1 heterocycles. The molecule has 2 rings (SSSR count). The number of likely N-dealkylation sites (N-methyl/N-ethyl adjacent to an activating group) is 1. The number of nitrogens with zero attached hydrogens (tertiary/aromatic N) is 3. The number of hydrogen-bond donors (Lipinski definition) is 1. The number of methoxy groups -OCH3 is 1. The molecule has 158 valence electrons. The second-order valence-corrected chi connectivity index (χ2v) is 6.89. The number of esters is 1. The van der Waals surface area contributed by atoms with E-state index < -0.39 is 0 Å². The number of guanidine groups is 1. The van der Waals surface area contributed by atoms with Crippen molar-refractivity contribution in [2.45, 2.75) is 33.6 Å². The average molecular weight is 502 g/mol. The minimum Gasteiger partial charge on any atom is -0.469 e. The number of rotatable bonds is 7. The Hall–Kier alpha value is -1.51. The Kier molecular flexibility index (Phi) is 11.3. The van der Waals surface area contributed by atoms with Gasteiger partial charge in [0.25, 0.3) is 0 Å². The molecule has 1 aromatic carbocycles. The van der Waals surface area contributed by atoms with Gasteiger partial charge in [0.1, 0.15) is 0 Å². The van der Waals surface area contributed by atoms with E-state index in [9.17, 15) is 4.79 Å². The van der Waals surface area contributed by atoms with Crippen LogP contribution in [0.3, 0.4) is 0 Å². The van der Waals surface area contributed by atoms with Crippen LogP contribution in [0.15, 0.2) is 29.3 Å². The molecule has 1 aliphatic rings. The first kappa shape index (κ1) is 24.5. The summed E-state index contributed by atoms with van der Waals surface area (Å²) in [5.74, 6) is 0.876. The van der Waals surface area contributed by atoms with Crippen molar-refractivity contribution < 1.29 is 9.53 Å². The lowest BCUT2D eigenvalue weighted by atomic mass is 9.97. The normalized spacial score (nSPS) is 15.0. The summed E-state index contributed by atoms with van der Waals surface area (Å²) in [4.78, 5) is 21.2. The molecule has 1 N–H and O–H groups in total. The van der Waals surface area contributed by atoms with E-state index in [0.29, 0.717) is 0 Å². The van der Waals surface area contributed by atoms with E-state index >= 15 is 0 Å². The molecule has 7 heteroatoms. The van der Waals surface area contributed by atoms with Crippen molar-refractivity contribution in [3.05, 3.63) is 29.8 Å². The lowest BCUT2D eigenvalue weighted by Gasteiger charge is -2.33. The first-order chi connectivity index (χ1) is 13.1. The summed E-state index contributed by atoms with van der Waals surface area (Å²) in [6, 6.07) is 8.48. The predicted octanol–water partition coefficient (Wildman–Crippen LogP) is 3.29. The van der Waals surface area contributed by atoms with Crippen LogP contribution in [0.1, 0.15) is 32.3 Å². The number of carbonyl (C=O) groups is 1. The highest BCUT2D eigenvalue weighted by Crippen LogP contribution is 2.20. The molecule has 0 aromatic heterocycles. The number of carbonyl (C=O) groups excluding carboxylic acids is 1. The SMILES string of the molecule is CCNC(=NCCN(CC)c1ccccc1C)N1CCC(C(=O)OC)CC1.I. The number of para-hydroxylation sites is 1. The largest absolute Gasteiger partial charge is 0.469 e. The number of anilines is 1. The zero-order valence-corrected chi connectivity index (χ0v) is 19.9. The number of nitrogens with one attached hydrogen (secondary N) is 1. The number of aryl methyl sites for hydroxylation is 1. The van der Waals surface area contributed by atoms with Crippen LogP contribution in [-0.4, -0.2) is 63.2 Å². The van der Waals surface area contributed by atoms with Gasteiger partial charge in [-0.1, -0.05) is 18.2 Å². The number of aliphatic imine (C=N–C) groups is 1. The minimum atomic E-state index is -0.0894. The van der Waals surface area contributed by atoms with Crippen molar-refractivity contribution in [2.24, 2.45) is 10.9 Å². The number of hydrogen-bond acceptors (Lipinski definition) is 4. The Balaban J connectivity index is 0.00000392. The van der Waals surface area contributed by atoms with Gasteiger partial charge in [-0.15, -0.1) is 24.0 Å². The topological polar surface area (TPSA) is 57.2 Å². The molecule has 0 amide bonds. The van der Waals surface area contributed by atoms with E-state index in [2.05, 4.69) is 60.2 Å². The second kappa shape index (κ2) is 12.9. The molecule has 0 bridgehead atoms. The third-order valence-corrected chi connectivity index (χ3v) is 5.13. The van der Waals surface area contributed by atoms with Gasteiger partial charge in [0.05, 0.1) is 19.6 Å². The molecular weight excluding hydrogens is 467 g/mol. The van der Waals surface area contributed by atoms with Crippen molar-refractivity contribution in [2.75, 3.05) is 51.3 Å². The number of ether oxygens (including phenoxy) is 1. The third-order valence-electron chi connectivity index (χ3n) is 5.13. The van der Waals surface area contributed by atoms with Gasteiger partial charge >= 0.3 is 5.97 Å². The van der Waals surface area contributed by atoms with Crippen molar-refractivity contribution in [1.82, 2.24) is 10.2 Å². The highest BCUT2D eigenvalue weighted by atomic mass is 127. The van der Waals surface area contributed by atoms with Gasteiger partial charge in [-0.25, -0.2) is 0 Å². The van der Waals surface area contributed by atoms with E-state index in [-0.39, 0.29) is 35.9 Å². The van der Waals surface area contributed by atoms with Crippen molar-refractivity contribution in [3.63, 3.8) is 0 Å². The molecule has 0 spiro atoms. The maximum atomic E-state index is 11.7. The Bertz CT molecular complexity index is 631. The van der Waals surface area contributed by atoms with Crippen molar-refractivity contribution in [3.8, 4) is 0 Å². The maximum absolute atomic E-state index is 11.7. The van der Waals surface area contributed by atoms with Crippen molar-refractivity contribution in [1.29, 1.82) is 0 Å². The Morgan fingerprint density at radius 3 is 2.54 bits per heavy atom. The van der Waals surface area contributed by atoms with Crippen molar-refractivity contribution >= 4 is 41.6 Å². The highest BCUT2D eigenvalue weighted by molar-refractivity contribution is 14.0. The van der Waals surface area contributed by atoms with Crippen LogP contribution >= 0.6 is 24.0 Å². The molecule has 1 aliphatic heterocycles. The summed E-state index contributed by atoms with van der Waals surface area (Å²) < 4.78 is 4.88. The van der Waals surface area contributed by atoms with Gasteiger partial charge in [-0.2, -0.15) is 0 Å². The Morgan fingerprint density at radius 2 is 1.96 bits per heavy atom. The Morgan fingerprint density at radius 1 is 1.29 bits per heavy atom. The molecule has 0 saturated carbocycles. The smallest absolute Gasteiger partial charge is 0.308 e. The van der Waals surface area contributed by atoms with Gasteiger partial charge in [-0.05, 0) is 45.2 Å². The summed E-state index contributed by atoms with van der Waals surface area (Å²) in [5.41, 5.74) is 2.57. The summed E-state index contributed by atoms with van der Waals surface area (Å²) in [6.07, 6.45) is 1.64. The van der Waals surface area contributed by atoms with Crippen LogP contribution < -0.4 is 10.2 Å². The lowest BCUT2D eigenvalue weighted by molar-refractivity contribution is -0.146. The minimum absolute atomic E-state index is 0. The van der Waals surface area contributed by atoms with Crippen LogP contribution in [0.2, 0.25) is 0 Å². The fraction of sp³-hybridized carbons (Fsp3) is 0.619. The van der Waals surface area contributed by atoms with Crippen LogP contribution in [0.5, 0.6) is 0 Å². The van der Waals surface area contributed by atoms with E-state index in [1.165, 1.54) is 18.4 Å². The standard InChI is InChI=1S/C21H34N4O2.HI/c1-5-22-21(25-14-11-18(12-15-25)20(26)27-4)23-13-16-24(6-2)19-10-8-7-9-17(19)3;/h7-10,18H,5-6,11-16H2,1-4H3,(H,22,23);1H. The predicted molar refractivity (Wildman–Crippen MR) is 127 cm³/mol. The van der Waals surface area contributed by atoms with Crippen LogP contribution in [0.25, 0.3) is 0 Å². The monoisotopic (exact) mass is 502 g/mol. The highest BCUT2D eigenvalue weighted by Gasteiger charge is 2.26. The summed E-state index contributed by atoms with van der Waals surface area (Å²) in [6.45, 7) is 11.5. The molecule has 0 atom stereocenters. The molecule has 28 heavy (non-hydrogen) atoms. The zero-order valence-electron chi connectivity index (χ0n) is 17.6.